The Morgan fingerprint density at radius 1 is 1.21 bits per heavy atom. The lowest BCUT2D eigenvalue weighted by atomic mass is 9.81. The van der Waals surface area contributed by atoms with E-state index in [0.29, 0.717) is 18.7 Å². The third-order valence-corrected chi connectivity index (χ3v) is 4.47. The molecule has 0 bridgehead atoms. The number of hydrogen-bond acceptors (Lipinski definition) is 4. The van der Waals surface area contributed by atoms with E-state index < -0.39 is 11.9 Å². The lowest BCUT2D eigenvalue weighted by Crippen LogP contribution is -2.35. The van der Waals surface area contributed by atoms with Gasteiger partial charge in [0.2, 0.25) is 5.91 Å². The van der Waals surface area contributed by atoms with E-state index in [2.05, 4.69) is 15.5 Å². The molecule has 3 rings (SSSR count). The Morgan fingerprint density at radius 3 is 2.71 bits per heavy atom. The number of carbonyl (C=O) groups is 2. The van der Waals surface area contributed by atoms with Crippen LogP contribution in [0, 0.1) is 11.8 Å². The van der Waals surface area contributed by atoms with Gasteiger partial charge in [-0.05, 0) is 31.4 Å². The second-order valence-electron chi connectivity index (χ2n) is 6.07. The summed E-state index contributed by atoms with van der Waals surface area (Å²) in [7, 11) is 0. The predicted octanol–water partition coefficient (Wildman–Crippen LogP) is 1.77. The molecular formula is C17H20N4O3. The van der Waals surface area contributed by atoms with Crippen LogP contribution >= 0.6 is 0 Å². The number of carboxylic acid groups (broad SMARTS) is 1. The van der Waals surface area contributed by atoms with Crippen LogP contribution in [0.4, 0.5) is 0 Å². The summed E-state index contributed by atoms with van der Waals surface area (Å²) in [5.74, 6) is -0.935. The van der Waals surface area contributed by atoms with Crippen molar-refractivity contribution >= 4 is 11.9 Å². The van der Waals surface area contributed by atoms with E-state index in [-0.39, 0.29) is 18.4 Å². The summed E-state index contributed by atoms with van der Waals surface area (Å²) in [5.41, 5.74) is 0.926. The van der Waals surface area contributed by atoms with E-state index in [1.54, 1.807) is 6.33 Å². The maximum Gasteiger partial charge on any atom is 0.306 e. The van der Waals surface area contributed by atoms with Gasteiger partial charge in [0.1, 0.15) is 6.33 Å². The van der Waals surface area contributed by atoms with Crippen molar-refractivity contribution in [2.45, 2.75) is 32.2 Å². The average Bonchev–Trinajstić information content (AvgIpc) is 3.09. The monoisotopic (exact) mass is 328 g/mol. The van der Waals surface area contributed by atoms with E-state index in [0.717, 1.165) is 18.5 Å². The van der Waals surface area contributed by atoms with Gasteiger partial charge in [0.05, 0.1) is 12.5 Å². The second-order valence-corrected chi connectivity index (χ2v) is 6.07. The zero-order valence-electron chi connectivity index (χ0n) is 13.3. The number of hydrogen-bond donors (Lipinski definition) is 2. The van der Waals surface area contributed by atoms with Crippen molar-refractivity contribution in [3.05, 3.63) is 42.5 Å². The highest BCUT2D eigenvalue weighted by Crippen LogP contribution is 2.29. The number of rotatable bonds is 5. The minimum Gasteiger partial charge on any atom is -0.481 e. The van der Waals surface area contributed by atoms with Crippen molar-refractivity contribution in [2.75, 3.05) is 0 Å². The molecular weight excluding hydrogens is 308 g/mol. The molecule has 1 aromatic heterocycles. The molecule has 7 heteroatoms. The lowest BCUT2D eigenvalue weighted by molar-refractivity contribution is -0.144. The Kier molecular flexibility index (Phi) is 4.88. The van der Waals surface area contributed by atoms with Gasteiger partial charge in [-0.15, -0.1) is 10.2 Å². The summed E-state index contributed by atoms with van der Waals surface area (Å²) in [6.45, 7) is 0.266. The number of aromatic nitrogens is 3. The molecule has 2 unspecified atom stereocenters. The van der Waals surface area contributed by atoms with E-state index in [1.165, 1.54) is 0 Å². The van der Waals surface area contributed by atoms with Gasteiger partial charge < -0.3 is 10.4 Å². The Bertz CT molecular complexity index is 714. The number of benzene rings is 1. The molecule has 0 radical (unpaired) electrons. The molecule has 24 heavy (non-hydrogen) atoms. The van der Waals surface area contributed by atoms with E-state index >= 15 is 0 Å². The summed E-state index contributed by atoms with van der Waals surface area (Å²) >= 11 is 0. The van der Waals surface area contributed by atoms with Crippen LogP contribution in [-0.4, -0.2) is 31.7 Å². The molecule has 0 saturated heterocycles. The molecule has 2 N–H and O–H groups in total. The molecule has 1 aromatic carbocycles. The normalized spacial score (nSPS) is 20.5. The van der Waals surface area contributed by atoms with Crippen molar-refractivity contribution in [1.29, 1.82) is 0 Å². The average molecular weight is 328 g/mol. The first-order chi connectivity index (χ1) is 11.6. The van der Waals surface area contributed by atoms with Crippen LogP contribution in [0.1, 0.15) is 31.5 Å². The van der Waals surface area contributed by atoms with Gasteiger partial charge in [0.15, 0.2) is 5.82 Å². The number of para-hydroxylation sites is 1. The van der Waals surface area contributed by atoms with Crippen molar-refractivity contribution in [3.63, 3.8) is 0 Å². The zero-order chi connectivity index (χ0) is 16.9. The van der Waals surface area contributed by atoms with Crippen LogP contribution < -0.4 is 5.32 Å². The summed E-state index contributed by atoms with van der Waals surface area (Å²) in [5, 5.41) is 20.0. The molecule has 7 nitrogen and oxygen atoms in total. The molecule has 2 atom stereocenters. The smallest absolute Gasteiger partial charge is 0.306 e. The fourth-order valence-electron chi connectivity index (χ4n) is 3.15. The van der Waals surface area contributed by atoms with Crippen LogP contribution in [-0.2, 0) is 16.1 Å². The molecule has 0 aliphatic heterocycles. The molecule has 1 fully saturated rings. The summed E-state index contributed by atoms with van der Waals surface area (Å²) in [4.78, 5) is 23.5. The fraction of sp³-hybridized carbons (Fsp3) is 0.412. The van der Waals surface area contributed by atoms with Crippen molar-refractivity contribution < 1.29 is 14.7 Å². The van der Waals surface area contributed by atoms with Crippen molar-refractivity contribution in [3.8, 4) is 5.69 Å². The largest absolute Gasteiger partial charge is 0.481 e. The van der Waals surface area contributed by atoms with Gasteiger partial charge in [-0.3, -0.25) is 14.2 Å². The Hall–Kier alpha value is -2.70. The van der Waals surface area contributed by atoms with Gasteiger partial charge in [-0.1, -0.05) is 24.6 Å². The standard InChI is InChI=1S/C17H20N4O3/c22-16(12-5-4-6-13(9-12)17(23)24)18-10-15-20-19-11-21(15)14-7-2-1-3-8-14/h1-3,7-8,11-13H,4-6,9-10H2,(H,18,22)(H,23,24). The number of carbonyl (C=O) groups excluding carboxylic acids is 1. The molecule has 1 aliphatic carbocycles. The van der Waals surface area contributed by atoms with E-state index in [4.69, 9.17) is 5.11 Å². The quantitative estimate of drug-likeness (QED) is 0.872. The lowest BCUT2D eigenvalue weighted by Gasteiger charge is -2.25. The highest BCUT2D eigenvalue weighted by atomic mass is 16.4. The van der Waals surface area contributed by atoms with Gasteiger partial charge >= 0.3 is 5.97 Å². The summed E-state index contributed by atoms with van der Waals surface area (Å²) in [6.07, 6.45) is 4.18. The molecule has 1 aliphatic rings. The highest BCUT2D eigenvalue weighted by molar-refractivity contribution is 5.80. The molecule has 1 heterocycles. The second kappa shape index (κ2) is 7.25. The van der Waals surface area contributed by atoms with Gasteiger partial charge in [-0.2, -0.15) is 0 Å². The molecule has 1 amide bonds. The van der Waals surface area contributed by atoms with Crippen LogP contribution in [0.2, 0.25) is 0 Å². The van der Waals surface area contributed by atoms with Crippen molar-refractivity contribution in [1.82, 2.24) is 20.1 Å². The van der Waals surface area contributed by atoms with Crippen LogP contribution in [0.15, 0.2) is 36.7 Å². The minimum absolute atomic E-state index is 0.108. The first-order valence-corrected chi connectivity index (χ1v) is 8.10. The number of amides is 1. The van der Waals surface area contributed by atoms with Crippen LogP contribution in [0.25, 0.3) is 5.69 Å². The van der Waals surface area contributed by atoms with E-state index in [9.17, 15) is 9.59 Å². The Morgan fingerprint density at radius 2 is 1.96 bits per heavy atom. The maximum absolute atomic E-state index is 12.3. The summed E-state index contributed by atoms with van der Waals surface area (Å²) in [6, 6.07) is 9.65. The first kappa shape index (κ1) is 16.2. The molecule has 1 saturated carbocycles. The third-order valence-electron chi connectivity index (χ3n) is 4.47. The predicted molar refractivity (Wildman–Crippen MR) is 86.3 cm³/mol. The minimum atomic E-state index is -0.809. The van der Waals surface area contributed by atoms with Crippen LogP contribution in [0.3, 0.4) is 0 Å². The molecule has 0 spiro atoms. The Balaban J connectivity index is 1.61. The maximum atomic E-state index is 12.3. The topological polar surface area (TPSA) is 97.1 Å². The number of carboxylic acids is 1. The van der Waals surface area contributed by atoms with Gasteiger partial charge in [0, 0.05) is 11.6 Å². The first-order valence-electron chi connectivity index (χ1n) is 8.10. The van der Waals surface area contributed by atoms with Gasteiger partial charge in [0.25, 0.3) is 0 Å². The van der Waals surface area contributed by atoms with Crippen LogP contribution in [0.5, 0.6) is 0 Å². The molecule has 2 aromatic rings. The van der Waals surface area contributed by atoms with Crippen molar-refractivity contribution in [2.24, 2.45) is 11.8 Å². The number of nitrogens with zero attached hydrogens (tertiary/aromatic N) is 3. The van der Waals surface area contributed by atoms with E-state index in [1.807, 2.05) is 34.9 Å². The number of aliphatic carboxylic acids is 1. The Labute approximate surface area is 139 Å². The zero-order valence-corrected chi connectivity index (χ0v) is 13.3. The SMILES string of the molecule is O=C(O)C1CCCC(C(=O)NCc2nncn2-c2ccccc2)C1. The fourth-order valence-corrected chi connectivity index (χ4v) is 3.15. The molecule has 126 valence electrons. The highest BCUT2D eigenvalue weighted by Gasteiger charge is 2.31. The number of nitrogens with one attached hydrogen (secondary N) is 1. The summed E-state index contributed by atoms with van der Waals surface area (Å²) < 4.78 is 1.82. The van der Waals surface area contributed by atoms with Gasteiger partial charge in [-0.25, -0.2) is 0 Å². The third kappa shape index (κ3) is 3.61.